The molecule has 2 fully saturated rings. The largest absolute Gasteiger partial charge is 0.457 e. The molecule has 4 nitrogen and oxygen atoms in total. The number of piperidine rings is 1. The standard InChI is InChI=1S/C15H19NO3/c1-16-11-7-12(17)9-13(16)14(8-11)19-15(18)10-5-3-2-4-6-10/h2-6,11-14,17H,7-9H2,1H3/t11-,12-,13+,14-/m0/s1. The molecular weight excluding hydrogens is 242 g/mol. The Morgan fingerprint density at radius 2 is 2.00 bits per heavy atom. The van der Waals surface area contributed by atoms with Crippen LogP contribution in [0.3, 0.4) is 0 Å². The molecule has 0 saturated carbocycles. The molecule has 2 aliphatic heterocycles. The number of carbonyl (C=O) groups is 1. The number of nitrogens with zero attached hydrogens (tertiary/aromatic N) is 1. The van der Waals surface area contributed by atoms with E-state index in [4.69, 9.17) is 4.74 Å². The average Bonchev–Trinajstić information content (AvgIpc) is 2.60. The Morgan fingerprint density at radius 1 is 1.26 bits per heavy atom. The van der Waals surface area contributed by atoms with Crippen molar-refractivity contribution in [1.29, 1.82) is 0 Å². The van der Waals surface area contributed by atoms with E-state index in [1.807, 2.05) is 18.2 Å². The van der Waals surface area contributed by atoms with Crippen molar-refractivity contribution in [1.82, 2.24) is 4.90 Å². The fourth-order valence-electron chi connectivity index (χ4n) is 3.30. The van der Waals surface area contributed by atoms with Crippen LogP contribution in [0.15, 0.2) is 30.3 Å². The van der Waals surface area contributed by atoms with Crippen molar-refractivity contribution < 1.29 is 14.6 Å². The summed E-state index contributed by atoms with van der Waals surface area (Å²) in [6.07, 6.45) is 1.95. The van der Waals surface area contributed by atoms with Crippen molar-refractivity contribution in [3.8, 4) is 0 Å². The summed E-state index contributed by atoms with van der Waals surface area (Å²) in [6, 6.07) is 9.57. The third-order valence-corrected chi connectivity index (χ3v) is 4.36. The van der Waals surface area contributed by atoms with Crippen LogP contribution in [0.2, 0.25) is 0 Å². The molecule has 102 valence electrons. The van der Waals surface area contributed by atoms with Gasteiger partial charge in [0.05, 0.1) is 11.7 Å². The summed E-state index contributed by atoms with van der Waals surface area (Å²) in [5.41, 5.74) is 0.590. The summed E-state index contributed by atoms with van der Waals surface area (Å²) in [4.78, 5) is 14.3. The molecule has 3 rings (SSSR count). The number of hydrogen-bond acceptors (Lipinski definition) is 4. The van der Waals surface area contributed by atoms with E-state index >= 15 is 0 Å². The Kier molecular flexibility index (Phi) is 3.29. The van der Waals surface area contributed by atoms with E-state index in [2.05, 4.69) is 11.9 Å². The molecular formula is C15H19NO3. The second kappa shape index (κ2) is 4.94. The summed E-state index contributed by atoms with van der Waals surface area (Å²) in [5, 5.41) is 9.81. The molecule has 2 bridgehead atoms. The average molecular weight is 261 g/mol. The van der Waals surface area contributed by atoms with Crippen molar-refractivity contribution in [3.63, 3.8) is 0 Å². The summed E-state index contributed by atoms with van der Waals surface area (Å²) in [6.45, 7) is 0. The van der Waals surface area contributed by atoms with Crippen LogP contribution in [-0.4, -0.2) is 47.3 Å². The quantitative estimate of drug-likeness (QED) is 0.818. The molecule has 0 unspecified atom stereocenters. The van der Waals surface area contributed by atoms with E-state index < -0.39 is 0 Å². The molecule has 0 aliphatic carbocycles. The van der Waals surface area contributed by atoms with Crippen LogP contribution in [0.25, 0.3) is 0 Å². The van der Waals surface area contributed by atoms with Gasteiger partial charge in [-0.3, -0.25) is 4.90 Å². The first-order chi connectivity index (χ1) is 9.15. The molecule has 2 saturated heterocycles. The first kappa shape index (κ1) is 12.6. The molecule has 0 aromatic heterocycles. The smallest absolute Gasteiger partial charge is 0.338 e. The first-order valence-corrected chi connectivity index (χ1v) is 6.81. The van der Waals surface area contributed by atoms with Gasteiger partial charge in [-0.25, -0.2) is 4.79 Å². The van der Waals surface area contributed by atoms with E-state index in [1.165, 1.54) is 0 Å². The van der Waals surface area contributed by atoms with Gasteiger partial charge in [0.1, 0.15) is 6.10 Å². The van der Waals surface area contributed by atoms with Gasteiger partial charge in [-0.15, -0.1) is 0 Å². The lowest BCUT2D eigenvalue weighted by atomic mass is 10.0. The molecule has 4 heteroatoms. The van der Waals surface area contributed by atoms with Crippen LogP contribution >= 0.6 is 0 Å². The number of benzene rings is 1. The second-order valence-corrected chi connectivity index (χ2v) is 5.56. The Balaban J connectivity index is 1.70. The van der Waals surface area contributed by atoms with Gasteiger partial charge in [0.2, 0.25) is 0 Å². The van der Waals surface area contributed by atoms with Crippen molar-refractivity contribution >= 4 is 5.97 Å². The molecule has 0 radical (unpaired) electrons. The van der Waals surface area contributed by atoms with Gasteiger partial charge in [0, 0.05) is 18.5 Å². The fourth-order valence-corrected chi connectivity index (χ4v) is 3.30. The zero-order valence-corrected chi connectivity index (χ0v) is 11.0. The number of aliphatic hydroxyl groups excluding tert-OH is 1. The van der Waals surface area contributed by atoms with E-state index in [-0.39, 0.29) is 24.2 Å². The van der Waals surface area contributed by atoms with Crippen LogP contribution in [0.1, 0.15) is 29.6 Å². The van der Waals surface area contributed by atoms with E-state index in [0.29, 0.717) is 18.0 Å². The van der Waals surface area contributed by atoms with Gasteiger partial charge < -0.3 is 9.84 Å². The molecule has 0 spiro atoms. The van der Waals surface area contributed by atoms with Crippen LogP contribution in [0.4, 0.5) is 0 Å². The van der Waals surface area contributed by atoms with Crippen molar-refractivity contribution in [3.05, 3.63) is 35.9 Å². The number of hydrogen-bond donors (Lipinski definition) is 1. The van der Waals surface area contributed by atoms with Crippen LogP contribution in [-0.2, 0) is 4.74 Å². The van der Waals surface area contributed by atoms with Crippen LogP contribution < -0.4 is 0 Å². The highest BCUT2D eigenvalue weighted by atomic mass is 16.5. The van der Waals surface area contributed by atoms with Gasteiger partial charge in [-0.05, 0) is 32.0 Å². The third kappa shape index (κ3) is 2.38. The number of aliphatic hydroxyl groups is 1. The molecule has 19 heavy (non-hydrogen) atoms. The van der Waals surface area contributed by atoms with Crippen LogP contribution in [0, 0.1) is 0 Å². The maximum absolute atomic E-state index is 12.1. The second-order valence-electron chi connectivity index (χ2n) is 5.56. The third-order valence-electron chi connectivity index (χ3n) is 4.36. The summed E-state index contributed by atoms with van der Waals surface area (Å²) in [7, 11) is 2.05. The van der Waals surface area contributed by atoms with Gasteiger partial charge in [-0.2, -0.15) is 0 Å². The van der Waals surface area contributed by atoms with Gasteiger partial charge in [0.25, 0.3) is 0 Å². The Bertz CT molecular complexity index is 462. The minimum absolute atomic E-state index is 0.0974. The van der Waals surface area contributed by atoms with Crippen molar-refractivity contribution in [2.45, 2.75) is 43.6 Å². The number of fused-ring (bicyclic) bond motifs is 2. The Hall–Kier alpha value is -1.39. The predicted molar refractivity (Wildman–Crippen MR) is 70.8 cm³/mol. The van der Waals surface area contributed by atoms with E-state index in [0.717, 1.165) is 12.8 Å². The van der Waals surface area contributed by atoms with E-state index in [1.54, 1.807) is 12.1 Å². The highest BCUT2D eigenvalue weighted by Gasteiger charge is 2.46. The Morgan fingerprint density at radius 3 is 2.74 bits per heavy atom. The highest BCUT2D eigenvalue weighted by Crippen LogP contribution is 2.36. The summed E-state index contributed by atoms with van der Waals surface area (Å²) < 4.78 is 5.64. The van der Waals surface area contributed by atoms with Crippen molar-refractivity contribution in [2.24, 2.45) is 0 Å². The maximum Gasteiger partial charge on any atom is 0.338 e. The minimum atomic E-state index is -0.263. The topological polar surface area (TPSA) is 49.8 Å². The SMILES string of the molecule is CN1[C@H]2C[C@H](O)C[C@@H]1[C@@H](OC(=O)c1ccccc1)C2. The van der Waals surface area contributed by atoms with Crippen molar-refractivity contribution in [2.75, 3.05) is 7.05 Å². The lowest BCUT2D eigenvalue weighted by molar-refractivity contribution is 0.00336. The fraction of sp³-hybridized carbons (Fsp3) is 0.533. The molecule has 2 heterocycles. The summed E-state index contributed by atoms with van der Waals surface area (Å²) in [5.74, 6) is -0.263. The molecule has 1 aromatic rings. The maximum atomic E-state index is 12.1. The van der Waals surface area contributed by atoms with Gasteiger partial charge in [0.15, 0.2) is 0 Å². The van der Waals surface area contributed by atoms with Crippen LogP contribution in [0.5, 0.6) is 0 Å². The normalized spacial score (nSPS) is 34.2. The lowest BCUT2D eigenvalue weighted by Crippen LogP contribution is -2.44. The molecule has 0 amide bonds. The van der Waals surface area contributed by atoms with Gasteiger partial charge in [-0.1, -0.05) is 18.2 Å². The number of rotatable bonds is 2. The predicted octanol–water partition coefficient (Wildman–Crippen LogP) is 1.44. The molecule has 1 aromatic carbocycles. The van der Waals surface area contributed by atoms with Gasteiger partial charge >= 0.3 is 5.97 Å². The Labute approximate surface area is 113 Å². The number of esters is 1. The lowest BCUT2D eigenvalue weighted by Gasteiger charge is -2.34. The number of carbonyl (C=O) groups excluding carboxylic acids is 1. The summed E-state index contributed by atoms with van der Waals surface area (Å²) >= 11 is 0. The zero-order chi connectivity index (χ0) is 13.4. The molecule has 4 atom stereocenters. The molecule has 1 N–H and O–H groups in total. The highest BCUT2D eigenvalue weighted by molar-refractivity contribution is 5.89. The monoisotopic (exact) mass is 261 g/mol. The minimum Gasteiger partial charge on any atom is -0.457 e. The first-order valence-electron chi connectivity index (χ1n) is 6.81. The zero-order valence-electron chi connectivity index (χ0n) is 11.0. The van der Waals surface area contributed by atoms with E-state index in [9.17, 15) is 9.90 Å². The number of likely N-dealkylation sites (N-methyl/N-ethyl adjacent to an activating group) is 1. The number of ether oxygens (including phenoxy) is 1. The molecule has 2 aliphatic rings.